The molecular formula is C36H65N9O11. The molecule has 0 aliphatic heterocycles. The fraction of sp³-hybridized carbons (Fsp3) is 0.750. The minimum atomic E-state index is -1.60. The van der Waals surface area contributed by atoms with Crippen molar-refractivity contribution in [2.75, 3.05) is 13.1 Å². The zero-order chi connectivity index (χ0) is 43.3. The Morgan fingerprint density at radius 3 is 1.27 bits per heavy atom. The Kier molecular flexibility index (Phi) is 23.8. The van der Waals surface area contributed by atoms with Crippen LogP contribution >= 0.6 is 0 Å². The summed E-state index contributed by atoms with van der Waals surface area (Å²) in [6.07, 6.45) is 0.497. The molecule has 0 rings (SSSR count). The van der Waals surface area contributed by atoms with Crippen LogP contribution in [0.1, 0.15) is 101 Å². The van der Waals surface area contributed by atoms with Crippen molar-refractivity contribution < 1.29 is 53.4 Å². The molecule has 12 N–H and O–H groups in total. The van der Waals surface area contributed by atoms with Crippen molar-refractivity contribution >= 4 is 53.2 Å². The molecule has 0 spiro atoms. The highest BCUT2D eigenvalue weighted by atomic mass is 16.4. The first-order chi connectivity index (χ1) is 26.0. The van der Waals surface area contributed by atoms with Crippen molar-refractivity contribution in [3.63, 3.8) is 0 Å². The number of nitrogens with one attached hydrogen (secondary N) is 8. The van der Waals surface area contributed by atoms with E-state index in [1.807, 2.05) is 0 Å². The van der Waals surface area contributed by atoms with Crippen LogP contribution < -0.4 is 48.3 Å². The summed E-state index contributed by atoms with van der Waals surface area (Å²) < 4.78 is 0. The second kappa shape index (κ2) is 26.1. The number of carbonyl (C=O) groups excluding carboxylic acids is 8. The van der Waals surface area contributed by atoms with Crippen molar-refractivity contribution in [3.8, 4) is 0 Å². The molecule has 20 heteroatoms. The van der Waals surface area contributed by atoms with E-state index in [0.717, 1.165) is 0 Å². The zero-order valence-corrected chi connectivity index (χ0v) is 34.1. The molecule has 20 nitrogen and oxygen atoms in total. The number of nitrogens with two attached hydrogens (primary N) is 1. The molecule has 320 valence electrons. The molecule has 0 aromatic heterocycles. The Morgan fingerprint density at radius 2 is 0.893 bits per heavy atom. The van der Waals surface area contributed by atoms with Crippen LogP contribution in [0.25, 0.3) is 0 Å². The maximum absolute atomic E-state index is 13.5. The lowest BCUT2D eigenvalue weighted by molar-refractivity contribution is -0.143. The standard InChI is InChI=1S/C36H65N9O11/c1-18(2)27(43-32(51)25(41-30(49)20(5)37)14-10-12-16-38-23(8)47)34(53)45-29(22(7)46)35(54)40-21(6)31(50)42-26(15-11-13-17-39-24(9)48)33(52)44-28(19(3)4)36(55)56/h18-22,25-29,46H,10-17,37H2,1-9H3,(H,38,47)(H,39,48)(H,40,54)(H,41,49)(H,42,50)(H,43,51)(H,44,52)(H,45,53)(H,55,56)/t20-,21-,22+,25-,26-,27-,28-,29-/m0/s1. The molecule has 0 saturated heterocycles. The fourth-order valence-electron chi connectivity index (χ4n) is 5.19. The van der Waals surface area contributed by atoms with Gasteiger partial charge >= 0.3 is 5.97 Å². The number of aliphatic carboxylic acids is 1. The van der Waals surface area contributed by atoms with Gasteiger partial charge in [-0.2, -0.15) is 0 Å². The molecule has 0 unspecified atom stereocenters. The van der Waals surface area contributed by atoms with Crippen molar-refractivity contribution in [3.05, 3.63) is 0 Å². The Morgan fingerprint density at radius 1 is 0.500 bits per heavy atom. The van der Waals surface area contributed by atoms with Gasteiger partial charge in [-0.1, -0.05) is 27.7 Å². The smallest absolute Gasteiger partial charge is 0.326 e. The summed E-state index contributed by atoms with van der Waals surface area (Å²) in [6.45, 7) is 13.8. The molecule has 0 aliphatic rings. The summed E-state index contributed by atoms with van der Waals surface area (Å²) in [6, 6.07) is -8.61. The summed E-state index contributed by atoms with van der Waals surface area (Å²) in [7, 11) is 0. The first-order valence-corrected chi connectivity index (χ1v) is 19.0. The molecule has 0 bridgehead atoms. The largest absolute Gasteiger partial charge is 0.480 e. The Labute approximate surface area is 328 Å². The van der Waals surface area contributed by atoms with E-state index >= 15 is 0 Å². The van der Waals surface area contributed by atoms with Crippen LogP contribution in [0.4, 0.5) is 0 Å². The second-order valence-corrected chi connectivity index (χ2v) is 14.6. The quantitative estimate of drug-likeness (QED) is 0.0410. The van der Waals surface area contributed by atoms with E-state index in [9.17, 15) is 53.4 Å². The number of unbranched alkanes of at least 4 members (excludes halogenated alkanes) is 2. The normalized spacial score (nSPS) is 15.4. The third kappa shape index (κ3) is 20.2. The maximum Gasteiger partial charge on any atom is 0.326 e. The predicted octanol–water partition coefficient (Wildman–Crippen LogP) is -2.35. The van der Waals surface area contributed by atoms with E-state index < -0.39 is 102 Å². The molecule has 0 saturated carbocycles. The average molecular weight is 800 g/mol. The van der Waals surface area contributed by atoms with Gasteiger partial charge in [0.25, 0.3) is 0 Å². The Hall–Kier alpha value is -4.85. The molecule has 0 radical (unpaired) electrons. The van der Waals surface area contributed by atoms with Crippen LogP contribution in [0, 0.1) is 11.8 Å². The number of hydrogen-bond acceptors (Lipinski definition) is 11. The van der Waals surface area contributed by atoms with Gasteiger partial charge in [0.1, 0.15) is 36.3 Å². The summed E-state index contributed by atoms with van der Waals surface area (Å²) in [5.74, 6) is -7.44. The molecule has 0 aromatic carbocycles. The second-order valence-electron chi connectivity index (χ2n) is 14.6. The fourth-order valence-corrected chi connectivity index (χ4v) is 5.19. The lowest BCUT2D eigenvalue weighted by atomic mass is 10.0. The van der Waals surface area contributed by atoms with Gasteiger partial charge in [-0.15, -0.1) is 0 Å². The van der Waals surface area contributed by atoms with E-state index in [1.54, 1.807) is 27.7 Å². The predicted molar refractivity (Wildman–Crippen MR) is 205 cm³/mol. The summed E-state index contributed by atoms with van der Waals surface area (Å²) in [5.41, 5.74) is 5.68. The minimum Gasteiger partial charge on any atom is -0.480 e. The van der Waals surface area contributed by atoms with Crippen LogP contribution in [-0.4, -0.2) is 125 Å². The van der Waals surface area contributed by atoms with Crippen molar-refractivity contribution in [2.45, 2.75) is 149 Å². The number of hydrogen-bond donors (Lipinski definition) is 11. The zero-order valence-electron chi connectivity index (χ0n) is 34.1. The van der Waals surface area contributed by atoms with Gasteiger partial charge in [-0.05, 0) is 71.1 Å². The van der Waals surface area contributed by atoms with Crippen molar-refractivity contribution in [2.24, 2.45) is 17.6 Å². The lowest BCUT2D eigenvalue weighted by Gasteiger charge is -2.29. The highest BCUT2D eigenvalue weighted by molar-refractivity contribution is 5.97. The maximum atomic E-state index is 13.5. The monoisotopic (exact) mass is 799 g/mol. The molecule has 0 fully saturated rings. The third-order valence-electron chi connectivity index (χ3n) is 8.56. The van der Waals surface area contributed by atoms with E-state index in [1.165, 1.54) is 34.6 Å². The highest BCUT2D eigenvalue weighted by Crippen LogP contribution is 2.09. The first kappa shape index (κ1) is 51.1. The van der Waals surface area contributed by atoms with Crippen LogP contribution in [0.15, 0.2) is 0 Å². The number of carboxylic acid groups (broad SMARTS) is 1. The van der Waals surface area contributed by atoms with Crippen LogP contribution in [0.5, 0.6) is 0 Å². The van der Waals surface area contributed by atoms with Gasteiger partial charge in [-0.25, -0.2) is 4.79 Å². The van der Waals surface area contributed by atoms with Gasteiger partial charge in [0, 0.05) is 26.9 Å². The SMILES string of the molecule is CC(=O)NCCCC[C@H](NC(=O)[C@H](C)N)C(=O)N[C@H](C(=O)N[C@H](C(=O)N[C@@H](C)C(=O)N[C@@H](CCCCNC(C)=O)C(=O)N[C@H](C(=O)O)C(C)C)[C@@H](C)O)C(C)C. The lowest BCUT2D eigenvalue weighted by Crippen LogP contribution is -2.62. The van der Waals surface area contributed by atoms with E-state index in [2.05, 4.69) is 42.5 Å². The van der Waals surface area contributed by atoms with Crippen molar-refractivity contribution in [1.82, 2.24) is 42.5 Å². The highest BCUT2D eigenvalue weighted by Gasteiger charge is 2.35. The third-order valence-corrected chi connectivity index (χ3v) is 8.56. The summed E-state index contributed by atoms with van der Waals surface area (Å²) in [5, 5.41) is 40.3. The average Bonchev–Trinajstić information content (AvgIpc) is 3.08. The van der Waals surface area contributed by atoms with Gasteiger partial charge in [0.05, 0.1) is 12.1 Å². The molecule has 8 amide bonds. The first-order valence-electron chi connectivity index (χ1n) is 19.0. The number of carbonyl (C=O) groups is 9. The Bertz CT molecular complexity index is 1360. The number of aliphatic hydroxyl groups is 1. The minimum absolute atomic E-state index is 0.0732. The van der Waals surface area contributed by atoms with Gasteiger partial charge in [0.15, 0.2) is 0 Å². The Balaban J connectivity index is 5.86. The van der Waals surface area contributed by atoms with Crippen LogP contribution in [0.3, 0.4) is 0 Å². The van der Waals surface area contributed by atoms with E-state index in [4.69, 9.17) is 5.73 Å². The van der Waals surface area contributed by atoms with Gasteiger partial charge in [0.2, 0.25) is 47.3 Å². The van der Waals surface area contributed by atoms with Crippen LogP contribution in [-0.2, 0) is 43.2 Å². The van der Waals surface area contributed by atoms with Gasteiger partial charge < -0.3 is 58.5 Å². The molecular weight excluding hydrogens is 734 g/mol. The number of rotatable bonds is 26. The summed E-state index contributed by atoms with van der Waals surface area (Å²) >= 11 is 0. The number of aliphatic hydroxyl groups excluding tert-OH is 1. The number of amides is 8. The molecule has 8 atom stereocenters. The molecule has 56 heavy (non-hydrogen) atoms. The van der Waals surface area contributed by atoms with Crippen molar-refractivity contribution in [1.29, 1.82) is 0 Å². The van der Waals surface area contributed by atoms with E-state index in [-0.39, 0.29) is 24.7 Å². The number of carboxylic acids is 1. The molecule has 0 heterocycles. The topological polar surface area (TPSA) is 316 Å². The molecule has 0 aromatic rings. The van der Waals surface area contributed by atoms with E-state index in [0.29, 0.717) is 38.8 Å². The summed E-state index contributed by atoms with van der Waals surface area (Å²) in [4.78, 5) is 113. The molecule has 0 aliphatic carbocycles. The van der Waals surface area contributed by atoms with Crippen LogP contribution in [0.2, 0.25) is 0 Å². The van der Waals surface area contributed by atoms with Gasteiger partial charge in [-0.3, -0.25) is 38.4 Å².